The Labute approximate surface area is 163 Å². The van der Waals surface area contributed by atoms with Crippen molar-refractivity contribution in [1.82, 2.24) is 14.8 Å². The quantitative estimate of drug-likeness (QED) is 0.529. The largest absolute Gasteiger partial charge is 0.466 e. The Balaban J connectivity index is 1.77. The fourth-order valence-electron chi connectivity index (χ4n) is 3.40. The van der Waals surface area contributed by atoms with E-state index in [0.717, 1.165) is 29.3 Å². The van der Waals surface area contributed by atoms with E-state index < -0.39 is 0 Å². The average molecular weight is 385 g/mol. The molecule has 0 saturated heterocycles. The highest BCUT2D eigenvalue weighted by Gasteiger charge is 2.24. The smallest absolute Gasteiger partial charge is 0.313 e. The molecule has 1 aromatic heterocycles. The van der Waals surface area contributed by atoms with Gasteiger partial charge >= 0.3 is 5.97 Å². The van der Waals surface area contributed by atoms with E-state index in [1.807, 2.05) is 31.2 Å². The molecule has 1 heterocycles. The Kier molecular flexibility index (Phi) is 6.88. The average Bonchev–Trinajstić information content (AvgIpc) is 3.10. The van der Waals surface area contributed by atoms with Gasteiger partial charge in [0, 0.05) is 11.8 Å². The van der Waals surface area contributed by atoms with Gasteiger partial charge in [0.1, 0.15) is 12.2 Å². The number of hydrogen-bond donors (Lipinski definition) is 0. The predicted molar refractivity (Wildman–Crippen MR) is 103 cm³/mol. The second-order valence-electron chi connectivity index (χ2n) is 6.64. The van der Waals surface area contributed by atoms with Gasteiger partial charge in [-0.1, -0.05) is 43.2 Å². The lowest BCUT2D eigenvalue weighted by Gasteiger charge is -2.25. The third kappa shape index (κ3) is 5.10. The van der Waals surface area contributed by atoms with Crippen molar-refractivity contribution in [2.75, 3.05) is 6.61 Å². The molecule has 7 heteroatoms. The Bertz CT molecular complexity index is 804. The van der Waals surface area contributed by atoms with Crippen molar-refractivity contribution >= 4 is 17.7 Å². The molecule has 1 aliphatic carbocycles. The summed E-state index contributed by atoms with van der Waals surface area (Å²) in [5, 5.41) is 18.4. The summed E-state index contributed by atoms with van der Waals surface area (Å²) in [6, 6.07) is 10.1. The number of aromatic nitrogens is 3. The van der Waals surface area contributed by atoms with Crippen LogP contribution in [0.1, 0.15) is 62.0 Å². The minimum atomic E-state index is -0.259. The van der Waals surface area contributed by atoms with Gasteiger partial charge in [0.05, 0.1) is 18.2 Å². The normalized spacial score (nSPS) is 14.7. The lowest BCUT2D eigenvalue weighted by Crippen LogP contribution is -2.19. The van der Waals surface area contributed by atoms with Crippen LogP contribution in [0.2, 0.25) is 0 Å². The van der Waals surface area contributed by atoms with E-state index in [1.54, 1.807) is 11.8 Å². The maximum Gasteiger partial charge on any atom is 0.313 e. The van der Waals surface area contributed by atoms with Crippen molar-refractivity contribution in [3.05, 3.63) is 41.2 Å². The molecule has 0 aliphatic heterocycles. The third-order valence-electron chi connectivity index (χ3n) is 4.73. The van der Waals surface area contributed by atoms with E-state index in [4.69, 9.17) is 10.00 Å². The van der Waals surface area contributed by atoms with Crippen LogP contribution in [0.5, 0.6) is 0 Å². The summed E-state index contributed by atoms with van der Waals surface area (Å²) >= 11 is 1.62. The molecule has 0 N–H and O–H groups in total. The molecule has 1 saturated carbocycles. The highest BCUT2D eigenvalue weighted by molar-refractivity contribution is 7.98. The Morgan fingerprint density at radius 1 is 1.26 bits per heavy atom. The number of carbonyl (C=O) groups excluding carboxylic acids is 1. The Morgan fingerprint density at radius 3 is 2.67 bits per heavy atom. The molecule has 0 amide bonds. The highest BCUT2D eigenvalue weighted by atomic mass is 32.2. The first kappa shape index (κ1) is 19.4. The number of esters is 1. The number of rotatable bonds is 7. The second-order valence-corrected chi connectivity index (χ2v) is 7.58. The van der Waals surface area contributed by atoms with Gasteiger partial charge in [-0.15, -0.1) is 10.2 Å². The topological polar surface area (TPSA) is 80.8 Å². The molecule has 1 fully saturated rings. The van der Waals surface area contributed by atoms with Gasteiger partial charge in [-0.2, -0.15) is 5.26 Å². The molecule has 1 aromatic carbocycles. The van der Waals surface area contributed by atoms with Gasteiger partial charge in [-0.05, 0) is 37.5 Å². The molecule has 0 bridgehead atoms. The molecule has 0 radical (unpaired) electrons. The fraction of sp³-hybridized carbons (Fsp3) is 0.500. The van der Waals surface area contributed by atoms with E-state index >= 15 is 0 Å². The number of carbonyl (C=O) groups is 1. The predicted octanol–water partition coefficient (Wildman–Crippen LogP) is 4.05. The molecule has 2 aromatic rings. The summed E-state index contributed by atoms with van der Waals surface area (Å²) in [6.45, 7) is 2.18. The van der Waals surface area contributed by atoms with Crippen molar-refractivity contribution < 1.29 is 9.53 Å². The first-order chi connectivity index (χ1) is 13.2. The number of thioether (sulfide) groups is 1. The van der Waals surface area contributed by atoms with Gasteiger partial charge in [0.2, 0.25) is 0 Å². The zero-order valence-corrected chi connectivity index (χ0v) is 16.4. The van der Waals surface area contributed by atoms with Crippen molar-refractivity contribution in [3.63, 3.8) is 0 Å². The number of nitriles is 1. The minimum Gasteiger partial charge on any atom is -0.466 e. The first-order valence-corrected chi connectivity index (χ1v) is 10.4. The van der Waals surface area contributed by atoms with Gasteiger partial charge in [-0.25, -0.2) is 0 Å². The van der Waals surface area contributed by atoms with E-state index in [0.29, 0.717) is 24.0 Å². The molecule has 1 aliphatic rings. The molecule has 6 nitrogen and oxygen atoms in total. The summed E-state index contributed by atoms with van der Waals surface area (Å²) < 4.78 is 7.25. The van der Waals surface area contributed by atoms with Crippen LogP contribution in [0.25, 0.3) is 0 Å². The van der Waals surface area contributed by atoms with E-state index in [2.05, 4.69) is 20.8 Å². The highest BCUT2D eigenvalue weighted by Crippen LogP contribution is 2.33. The number of nitrogens with zero attached hydrogens (tertiary/aromatic N) is 4. The van der Waals surface area contributed by atoms with Crippen LogP contribution in [-0.4, -0.2) is 27.3 Å². The second kappa shape index (κ2) is 9.56. The summed E-state index contributed by atoms with van der Waals surface area (Å²) in [4.78, 5) is 12.0. The van der Waals surface area contributed by atoms with Crippen molar-refractivity contribution in [2.24, 2.45) is 0 Å². The molecule has 0 atom stereocenters. The minimum absolute atomic E-state index is 0.161. The summed E-state index contributed by atoms with van der Waals surface area (Å²) in [5.41, 5.74) is 1.79. The van der Waals surface area contributed by atoms with Crippen molar-refractivity contribution in [3.8, 4) is 6.07 Å². The molecule has 0 spiro atoms. The van der Waals surface area contributed by atoms with Crippen LogP contribution >= 0.6 is 11.8 Å². The van der Waals surface area contributed by atoms with Crippen molar-refractivity contribution in [1.29, 1.82) is 5.26 Å². The fourth-order valence-corrected chi connectivity index (χ4v) is 4.38. The maximum atomic E-state index is 12.0. The number of hydrogen-bond acceptors (Lipinski definition) is 6. The Morgan fingerprint density at radius 2 is 2.00 bits per heavy atom. The molecule has 142 valence electrons. The SMILES string of the molecule is CCOC(=O)Cc1nnc(SCc2ccc(C#N)cc2)n1C1CCCCC1. The standard InChI is InChI=1S/C20H24N4O2S/c1-2-26-19(25)12-18-22-23-20(24(18)17-6-4-3-5-7-17)27-14-16-10-8-15(13-21)9-11-16/h8-11,17H,2-7,12,14H2,1H3. The lowest BCUT2D eigenvalue weighted by atomic mass is 9.95. The zero-order chi connectivity index (χ0) is 19.1. The first-order valence-electron chi connectivity index (χ1n) is 9.42. The molecule has 27 heavy (non-hydrogen) atoms. The van der Waals surface area contributed by atoms with Gasteiger partial charge < -0.3 is 9.30 Å². The summed E-state index contributed by atoms with van der Waals surface area (Å²) in [6.07, 6.45) is 6.01. The van der Waals surface area contributed by atoms with Crippen LogP contribution in [0.15, 0.2) is 29.4 Å². The molecule has 3 rings (SSSR count). The number of ether oxygens (including phenoxy) is 1. The van der Waals surface area contributed by atoms with E-state index in [9.17, 15) is 4.79 Å². The van der Waals surface area contributed by atoms with E-state index in [1.165, 1.54) is 19.3 Å². The van der Waals surface area contributed by atoms with Gasteiger partial charge in [0.15, 0.2) is 5.16 Å². The monoisotopic (exact) mass is 384 g/mol. The van der Waals surface area contributed by atoms with Crippen LogP contribution in [0, 0.1) is 11.3 Å². The van der Waals surface area contributed by atoms with Crippen LogP contribution in [0.4, 0.5) is 0 Å². The van der Waals surface area contributed by atoms with Crippen LogP contribution < -0.4 is 0 Å². The zero-order valence-electron chi connectivity index (χ0n) is 15.6. The summed E-state index contributed by atoms with van der Waals surface area (Å²) in [7, 11) is 0. The van der Waals surface area contributed by atoms with Gasteiger partial charge in [0.25, 0.3) is 0 Å². The Hall–Kier alpha value is -2.33. The van der Waals surface area contributed by atoms with E-state index in [-0.39, 0.29) is 12.4 Å². The maximum absolute atomic E-state index is 12.0. The number of benzene rings is 1. The van der Waals surface area contributed by atoms with Crippen molar-refractivity contribution in [2.45, 2.75) is 62.4 Å². The summed E-state index contributed by atoms with van der Waals surface area (Å²) in [5.74, 6) is 1.18. The molecule has 0 unspecified atom stereocenters. The van der Waals surface area contributed by atoms with Gasteiger partial charge in [-0.3, -0.25) is 4.79 Å². The third-order valence-corrected chi connectivity index (χ3v) is 5.75. The molecular weight excluding hydrogens is 360 g/mol. The van der Waals surface area contributed by atoms with Crippen LogP contribution in [0.3, 0.4) is 0 Å². The lowest BCUT2D eigenvalue weighted by molar-refractivity contribution is -0.142. The van der Waals surface area contributed by atoms with Crippen LogP contribution in [-0.2, 0) is 21.7 Å². The molecular formula is C20H24N4O2S.